The highest BCUT2D eigenvalue weighted by molar-refractivity contribution is 14.1. The Morgan fingerprint density at radius 1 is 0.929 bits per heavy atom. The van der Waals surface area contributed by atoms with Gasteiger partial charge in [-0.2, -0.15) is 0 Å². The van der Waals surface area contributed by atoms with E-state index in [1.165, 1.54) is 27.5 Å². The third-order valence-corrected chi connectivity index (χ3v) is 3.02. The highest BCUT2D eigenvalue weighted by Crippen LogP contribution is 2.05. The SMILES string of the molecule is ICCN(CCI)Cc1ccccc1. The molecule has 0 N–H and O–H groups in total. The van der Waals surface area contributed by atoms with Gasteiger partial charge in [0.05, 0.1) is 0 Å². The van der Waals surface area contributed by atoms with E-state index in [0.717, 1.165) is 6.54 Å². The molecule has 0 bridgehead atoms. The summed E-state index contributed by atoms with van der Waals surface area (Å²) in [4.78, 5) is 2.51. The Morgan fingerprint density at radius 3 is 2.00 bits per heavy atom. The second kappa shape index (κ2) is 7.87. The third-order valence-electron chi connectivity index (χ3n) is 2.05. The van der Waals surface area contributed by atoms with Crippen LogP contribution in [0.15, 0.2) is 30.3 Å². The topological polar surface area (TPSA) is 3.24 Å². The zero-order valence-corrected chi connectivity index (χ0v) is 12.4. The third kappa shape index (κ3) is 4.93. The summed E-state index contributed by atoms with van der Waals surface area (Å²) >= 11 is 4.88. The molecule has 1 aromatic carbocycles. The van der Waals surface area contributed by atoms with Crippen molar-refractivity contribution in [3.05, 3.63) is 35.9 Å². The van der Waals surface area contributed by atoms with E-state index in [4.69, 9.17) is 0 Å². The molecule has 14 heavy (non-hydrogen) atoms. The number of hydrogen-bond acceptors (Lipinski definition) is 1. The van der Waals surface area contributed by atoms with Gasteiger partial charge in [0.1, 0.15) is 0 Å². The molecular formula is C11H15I2N. The number of alkyl halides is 2. The molecule has 0 saturated heterocycles. The van der Waals surface area contributed by atoms with E-state index in [-0.39, 0.29) is 0 Å². The Hall–Kier alpha value is 0.640. The van der Waals surface area contributed by atoms with Crippen molar-refractivity contribution in [1.29, 1.82) is 0 Å². The average molecular weight is 415 g/mol. The van der Waals surface area contributed by atoms with E-state index >= 15 is 0 Å². The van der Waals surface area contributed by atoms with Crippen LogP contribution in [0.4, 0.5) is 0 Å². The number of benzene rings is 1. The molecule has 0 aromatic heterocycles. The van der Waals surface area contributed by atoms with Crippen molar-refractivity contribution in [2.45, 2.75) is 6.54 Å². The molecule has 0 spiro atoms. The summed E-state index contributed by atoms with van der Waals surface area (Å²) < 4.78 is 2.42. The first-order valence-corrected chi connectivity index (χ1v) is 7.80. The van der Waals surface area contributed by atoms with E-state index < -0.39 is 0 Å². The number of hydrogen-bond donors (Lipinski definition) is 0. The molecule has 1 rings (SSSR count). The molecule has 0 radical (unpaired) electrons. The van der Waals surface area contributed by atoms with Gasteiger partial charge < -0.3 is 0 Å². The first-order valence-electron chi connectivity index (χ1n) is 4.75. The summed E-state index contributed by atoms with van der Waals surface area (Å²) in [6.07, 6.45) is 0. The Morgan fingerprint density at radius 2 is 1.50 bits per heavy atom. The fraction of sp³-hybridized carbons (Fsp3) is 0.455. The maximum atomic E-state index is 2.51. The van der Waals surface area contributed by atoms with Gasteiger partial charge in [-0.1, -0.05) is 75.5 Å². The van der Waals surface area contributed by atoms with Gasteiger partial charge >= 0.3 is 0 Å². The van der Waals surface area contributed by atoms with Gasteiger partial charge in [0.2, 0.25) is 0 Å². The van der Waals surface area contributed by atoms with Gasteiger partial charge in [-0.15, -0.1) is 0 Å². The van der Waals surface area contributed by atoms with Crippen LogP contribution in [0.2, 0.25) is 0 Å². The van der Waals surface area contributed by atoms with Crippen molar-refractivity contribution >= 4 is 45.2 Å². The van der Waals surface area contributed by atoms with Crippen molar-refractivity contribution in [3.63, 3.8) is 0 Å². The van der Waals surface area contributed by atoms with Crippen molar-refractivity contribution in [2.24, 2.45) is 0 Å². The second-order valence-electron chi connectivity index (χ2n) is 3.14. The summed E-state index contributed by atoms with van der Waals surface area (Å²) in [7, 11) is 0. The summed E-state index contributed by atoms with van der Waals surface area (Å²) in [5.74, 6) is 0. The number of rotatable bonds is 6. The lowest BCUT2D eigenvalue weighted by Gasteiger charge is -2.20. The molecule has 0 atom stereocenters. The normalized spacial score (nSPS) is 10.8. The van der Waals surface area contributed by atoms with Crippen LogP contribution in [-0.2, 0) is 6.54 Å². The summed E-state index contributed by atoms with van der Waals surface area (Å²) in [5.41, 5.74) is 1.42. The van der Waals surface area contributed by atoms with Crippen LogP contribution in [0.5, 0.6) is 0 Å². The molecule has 0 heterocycles. The van der Waals surface area contributed by atoms with Crippen LogP contribution < -0.4 is 0 Å². The molecule has 0 aliphatic rings. The van der Waals surface area contributed by atoms with Gasteiger partial charge in [-0.25, -0.2) is 0 Å². The maximum Gasteiger partial charge on any atom is 0.0234 e. The minimum atomic E-state index is 1.09. The van der Waals surface area contributed by atoms with Gasteiger partial charge in [0.15, 0.2) is 0 Å². The van der Waals surface area contributed by atoms with E-state index in [1.54, 1.807) is 0 Å². The molecule has 1 nitrogen and oxygen atoms in total. The summed E-state index contributed by atoms with van der Waals surface area (Å²) in [6, 6.07) is 10.7. The van der Waals surface area contributed by atoms with Crippen LogP contribution in [0.1, 0.15) is 5.56 Å². The molecule has 0 aliphatic carbocycles. The van der Waals surface area contributed by atoms with Gasteiger partial charge in [0.25, 0.3) is 0 Å². The lowest BCUT2D eigenvalue weighted by Crippen LogP contribution is -2.27. The Kier molecular flexibility index (Phi) is 7.14. The highest BCUT2D eigenvalue weighted by atomic mass is 127. The van der Waals surface area contributed by atoms with Crippen LogP contribution in [-0.4, -0.2) is 26.8 Å². The monoisotopic (exact) mass is 415 g/mol. The van der Waals surface area contributed by atoms with E-state index in [0.29, 0.717) is 0 Å². The van der Waals surface area contributed by atoms with E-state index in [9.17, 15) is 0 Å². The van der Waals surface area contributed by atoms with E-state index in [2.05, 4.69) is 80.4 Å². The first kappa shape index (κ1) is 12.7. The van der Waals surface area contributed by atoms with Crippen LogP contribution >= 0.6 is 45.2 Å². The predicted octanol–water partition coefficient (Wildman–Crippen LogP) is 3.36. The summed E-state index contributed by atoms with van der Waals surface area (Å²) in [6.45, 7) is 3.48. The molecule has 1 aromatic rings. The zero-order chi connectivity index (χ0) is 10.2. The molecule has 0 saturated carbocycles. The average Bonchev–Trinajstić information content (AvgIpc) is 2.20. The van der Waals surface area contributed by atoms with Crippen molar-refractivity contribution in [2.75, 3.05) is 21.9 Å². The standard InChI is InChI=1S/C11H15I2N/c12-6-8-14(9-7-13)10-11-4-2-1-3-5-11/h1-5H,6-10H2. The minimum absolute atomic E-state index is 1.09. The zero-order valence-electron chi connectivity index (χ0n) is 8.13. The molecule has 0 aliphatic heterocycles. The van der Waals surface area contributed by atoms with Crippen molar-refractivity contribution in [1.82, 2.24) is 4.90 Å². The van der Waals surface area contributed by atoms with Gasteiger partial charge in [-0.05, 0) is 5.56 Å². The van der Waals surface area contributed by atoms with Crippen molar-refractivity contribution in [3.8, 4) is 0 Å². The fourth-order valence-corrected chi connectivity index (χ4v) is 2.72. The smallest absolute Gasteiger partial charge is 0.0234 e. The van der Waals surface area contributed by atoms with Crippen LogP contribution in [0.3, 0.4) is 0 Å². The lowest BCUT2D eigenvalue weighted by molar-refractivity contribution is 0.304. The van der Waals surface area contributed by atoms with Gasteiger partial charge in [0, 0.05) is 28.5 Å². The van der Waals surface area contributed by atoms with Crippen LogP contribution in [0, 0.1) is 0 Å². The van der Waals surface area contributed by atoms with Gasteiger partial charge in [-0.3, -0.25) is 4.90 Å². The molecule has 78 valence electrons. The Bertz CT molecular complexity index is 232. The molecule has 0 unspecified atom stereocenters. The molecule has 0 amide bonds. The fourth-order valence-electron chi connectivity index (χ4n) is 1.35. The van der Waals surface area contributed by atoms with Crippen LogP contribution in [0.25, 0.3) is 0 Å². The Labute approximate surface area is 114 Å². The minimum Gasteiger partial charge on any atom is -0.298 e. The predicted molar refractivity (Wildman–Crippen MR) is 79.5 cm³/mol. The highest BCUT2D eigenvalue weighted by Gasteiger charge is 2.03. The maximum absolute atomic E-state index is 2.51. The second-order valence-corrected chi connectivity index (χ2v) is 5.30. The molecular weight excluding hydrogens is 400 g/mol. The molecule has 0 fully saturated rings. The van der Waals surface area contributed by atoms with Crippen molar-refractivity contribution < 1.29 is 0 Å². The first-order chi connectivity index (χ1) is 6.86. The Balaban J connectivity index is 2.46. The number of nitrogens with zero attached hydrogens (tertiary/aromatic N) is 1. The van der Waals surface area contributed by atoms with E-state index in [1.807, 2.05) is 0 Å². The molecule has 3 heteroatoms. The summed E-state index contributed by atoms with van der Waals surface area (Å²) in [5, 5.41) is 0. The largest absolute Gasteiger partial charge is 0.298 e. The lowest BCUT2D eigenvalue weighted by atomic mass is 10.2. The quantitative estimate of drug-likeness (QED) is 0.509. The number of halogens is 2.